The molecule has 0 aliphatic carbocycles. The van der Waals surface area contributed by atoms with Crippen molar-refractivity contribution in [1.29, 1.82) is 0 Å². The monoisotopic (exact) mass is 223 g/mol. The third kappa shape index (κ3) is 2.79. The van der Waals surface area contributed by atoms with E-state index in [2.05, 4.69) is 10.1 Å². The molecule has 0 bridgehead atoms. The highest BCUT2D eigenvalue weighted by atomic mass is 32.2. The van der Waals surface area contributed by atoms with Crippen LogP contribution in [-0.2, 0) is 12.4 Å². The SMILES string of the molecule is FCc1ncn(SCc2ccccc2)n1. The number of aromatic nitrogens is 3. The lowest BCUT2D eigenvalue weighted by Gasteiger charge is -1.99. The lowest BCUT2D eigenvalue weighted by Crippen LogP contribution is -1.90. The van der Waals surface area contributed by atoms with Gasteiger partial charge in [-0.2, -0.15) is 4.09 Å². The van der Waals surface area contributed by atoms with E-state index in [9.17, 15) is 4.39 Å². The summed E-state index contributed by atoms with van der Waals surface area (Å²) in [5, 5.41) is 3.94. The lowest BCUT2D eigenvalue weighted by atomic mass is 10.2. The van der Waals surface area contributed by atoms with Crippen LogP contribution in [0.4, 0.5) is 4.39 Å². The van der Waals surface area contributed by atoms with Crippen molar-refractivity contribution in [3.05, 3.63) is 48.0 Å². The first-order valence-corrected chi connectivity index (χ1v) is 5.46. The highest BCUT2D eigenvalue weighted by Crippen LogP contribution is 2.12. The van der Waals surface area contributed by atoms with Crippen LogP contribution < -0.4 is 0 Å². The second-order valence-corrected chi connectivity index (χ2v) is 3.88. The molecule has 0 saturated heterocycles. The van der Waals surface area contributed by atoms with Crippen molar-refractivity contribution in [2.45, 2.75) is 12.4 Å². The Balaban J connectivity index is 1.93. The third-order valence-electron chi connectivity index (χ3n) is 1.85. The molecule has 1 aromatic heterocycles. The van der Waals surface area contributed by atoms with Crippen LogP contribution in [0, 0.1) is 0 Å². The molecule has 0 amide bonds. The van der Waals surface area contributed by atoms with Crippen LogP contribution >= 0.6 is 11.9 Å². The molecule has 3 nitrogen and oxygen atoms in total. The van der Waals surface area contributed by atoms with Crippen molar-refractivity contribution in [3.63, 3.8) is 0 Å². The summed E-state index contributed by atoms with van der Waals surface area (Å²) in [7, 11) is 0. The molecule has 0 aliphatic heterocycles. The molecule has 0 atom stereocenters. The Morgan fingerprint density at radius 3 is 2.73 bits per heavy atom. The summed E-state index contributed by atoms with van der Waals surface area (Å²) in [6.45, 7) is -0.612. The van der Waals surface area contributed by atoms with Crippen LogP contribution in [-0.4, -0.2) is 14.2 Å². The number of hydrogen-bond acceptors (Lipinski definition) is 3. The molecule has 0 aliphatic rings. The number of alkyl halides is 1. The van der Waals surface area contributed by atoms with Gasteiger partial charge in [0.05, 0.1) is 0 Å². The quantitative estimate of drug-likeness (QED) is 0.797. The first-order chi connectivity index (χ1) is 7.38. The molecule has 2 rings (SSSR count). The highest BCUT2D eigenvalue weighted by molar-refractivity contribution is 7.96. The van der Waals surface area contributed by atoms with E-state index in [1.165, 1.54) is 23.8 Å². The van der Waals surface area contributed by atoms with Crippen molar-refractivity contribution in [2.24, 2.45) is 0 Å². The lowest BCUT2D eigenvalue weighted by molar-refractivity contribution is 0.466. The standard InChI is InChI=1S/C10H10FN3S/c11-6-10-12-8-14(13-10)15-7-9-4-2-1-3-5-9/h1-5,8H,6-7H2. The summed E-state index contributed by atoms with van der Waals surface area (Å²) in [6, 6.07) is 10.0. The van der Waals surface area contributed by atoms with Crippen LogP contribution in [0.15, 0.2) is 36.7 Å². The molecule has 0 fully saturated rings. The molecule has 5 heteroatoms. The molecule has 0 N–H and O–H groups in total. The predicted molar refractivity (Wildman–Crippen MR) is 58.0 cm³/mol. The minimum absolute atomic E-state index is 0.232. The Morgan fingerprint density at radius 2 is 2.07 bits per heavy atom. The van der Waals surface area contributed by atoms with E-state index in [0.29, 0.717) is 0 Å². The molecular weight excluding hydrogens is 213 g/mol. The van der Waals surface area contributed by atoms with Gasteiger partial charge in [0.2, 0.25) is 0 Å². The zero-order valence-corrected chi connectivity index (χ0v) is 8.82. The Morgan fingerprint density at radius 1 is 1.27 bits per heavy atom. The molecule has 1 aromatic carbocycles. The summed E-state index contributed by atoms with van der Waals surface area (Å²) in [5.74, 6) is 1.03. The van der Waals surface area contributed by atoms with Crippen LogP contribution in [0.5, 0.6) is 0 Å². The molecule has 0 saturated carbocycles. The van der Waals surface area contributed by atoms with E-state index in [1.54, 1.807) is 4.09 Å². The number of nitrogens with zero attached hydrogens (tertiary/aromatic N) is 3. The average molecular weight is 223 g/mol. The number of rotatable bonds is 4. The van der Waals surface area contributed by atoms with Crippen LogP contribution in [0.1, 0.15) is 11.4 Å². The molecular formula is C10H10FN3S. The van der Waals surface area contributed by atoms with E-state index < -0.39 is 6.67 Å². The smallest absolute Gasteiger partial charge is 0.182 e. The molecule has 0 spiro atoms. The van der Waals surface area contributed by atoms with Gasteiger partial charge in [-0.1, -0.05) is 30.3 Å². The van der Waals surface area contributed by atoms with Gasteiger partial charge in [-0.15, -0.1) is 5.10 Å². The minimum Gasteiger partial charge on any atom is -0.242 e. The van der Waals surface area contributed by atoms with E-state index in [0.717, 1.165) is 5.75 Å². The Kier molecular flexibility index (Phi) is 3.34. The zero-order valence-electron chi connectivity index (χ0n) is 8.01. The van der Waals surface area contributed by atoms with E-state index in [1.807, 2.05) is 30.3 Å². The summed E-state index contributed by atoms with van der Waals surface area (Å²) in [6.07, 6.45) is 1.53. The Bertz CT molecular complexity index is 416. The van der Waals surface area contributed by atoms with Crippen molar-refractivity contribution < 1.29 is 4.39 Å². The van der Waals surface area contributed by atoms with E-state index in [-0.39, 0.29) is 5.82 Å². The van der Waals surface area contributed by atoms with Gasteiger partial charge < -0.3 is 0 Å². The normalized spacial score (nSPS) is 10.5. The van der Waals surface area contributed by atoms with Crippen LogP contribution in [0.25, 0.3) is 0 Å². The minimum atomic E-state index is -0.612. The summed E-state index contributed by atoms with van der Waals surface area (Å²) < 4.78 is 13.7. The van der Waals surface area contributed by atoms with Gasteiger partial charge in [-0.25, -0.2) is 9.37 Å². The maximum Gasteiger partial charge on any atom is 0.182 e. The van der Waals surface area contributed by atoms with Gasteiger partial charge in [-0.3, -0.25) is 0 Å². The second kappa shape index (κ2) is 4.93. The molecule has 15 heavy (non-hydrogen) atoms. The fourth-order valence-electron chi connectivity index (χ4n) is 1.12. The molecule has 78 valence electrons. The maximum atomic E-state index is 12.2. The molecule has 2 aromatic rings. The predicted octanol–water partition coefficient (Wildman–Crippen LogP) is 2.44. The first-order valence-electron chi connectivity index (χ1n) is 4.52. The fraction of sp³-hybridized carbons (Fsp3) is 0.200. The molecule has 1 heterocycles. The first kappa shape index (κ1) is 10.2. The number of benzene rings is 1. The third-order valence-corrected chi connectivity index (χ3v) is 2.75. The van der Waals surface area contributed by atoms with Crippen molar-refractivity contribution in [1.82, 2.24) is 14.2 Å². The number of halogens is 1. The summed E-state index contributed by atoms with van der Waals surface area (Å²) in [5.41, 5.74) is 1.21. The summed E-state index contributed by atoms with van der Waals surface area (Å²) in [4.78, 5) is 3.80. The molecule has 0 radical (unpaired) electrons. The molecule has 0 unspecified atom stereocenters. The van der Waals surface area contributed by atoms with E-state index >= 15 is 0 Å². The van der Waals surface area contributed by atoms with Gasteiger partial charge in [0.25, 0.3) is 0 Å². The van der Waals surface area contributed by atoms with Crippen molar-refractivity contribution >= 4 is 11.9 Å². The summed E-state index contributed by atoms with van der Waals surface area (Å²) >= 11 is 1.49. The van der Waals surface area contributed by atoms with Crippen molar-refractivity contribution in [3.8, 4) is 0 Å². The van der Waals surface area contributed by atoms with Gasteiger partial charge in [0.15, 0.2) is 12.5 Å². The highest BCUT2D eigenvalue weighted by Gasteiger charge is 2.00. The largest absolute Gasteiger partial charge is 0.242 e. The van der Waals surface area contributed by atoms with Gasteiger partial charge in [0, 0.05) is 5.75 Å². The maximum absolute atomic E-state index is 12.2. The van der Waals surface area contributed by atoms with Gasteiger partial charge in [-0.05, 0) is 17.5 Å². The topological polar surface area (TPSA) is 30.7 Å². The van der Waals surface area contributed by atoms with Crippen molar-refractivity contribution in [2.75, 3.05) is 0 Å². The Labute approximate surface area is 91.5 Å². The van der Waals surface area contributed by atoms with Gasteiger partial charge >= 0.3 is 0 Å². The van der Waals surface area contributed by atoms with Crippen LogP contribution in [0.3, 0.4) is 0 Å². The van der Waals surface area contributed by atoms with E-state index in [4.69, 9.17) is 0 Å². The van der Waals surface area contributed by atoms with Crippen LogP contribution in [0.2, 0.25) is 0 Å². The second-order valence-electron chi connectivity index (χ2n) is 2.96. The number of hydrogen-bond donors (Lipinski definition) is 0. The average Bonchev–Trinajstić information content (AvgIpc) is 2.76. The van der Waals surface area contributed by atoms with Gasteiger partial charge in [0.1, 0.15) is 6.33 Å². The fourth-order valence-corrected chi connectivity index (χ4v) is 1.86. The Hall–Kier alpha value is -1.36. The zero-order chi connectivity index (χ0) is 10.5.